The first kappa shape index (κ1) is 11.1. The van der Waals surface area contributed by atoms with E-state index in [1.54, 1.807) is 18.2 Å². The molecule has 0 amide bonds. The molecule has 0 N–H and O–H groups in total. The summed E-state index contributed by atoms with van der Waals surface area (Å²) < 4.78 is 5.74. The average Bonchev–Trinajstić information content (AvgIpc) is 2.90. The van der Waals surface area contributed by atoms with Crippen molar-refractivity contribution in [1.29, 1.82) is 10.5 Å². The Labute approximate surface area is 109 Å². The Hall–Kier alpha value is -3.04. The fraction of sp³-hybridized carbons (Fsp3) is 0. The third-order valence-electron chi connectivity index (χ3n) is 2.96. The van der Waals surface area contributed by atoms with Crippen LogP contribution < -0.4 is 0 Å². The fourth-order valence-corrected chi connectivity index (χ4v) is 2.04. The van der Waals surface area contributed by atoms with Crippen LogP contribution in [0.5, 0.6) is 0 Å². The van der Waals surface area contributed by atoms with Crippen LogP contribution in [0.25, 0.3) is 22.3 Å². The van der Waals surface area contributed by atoms with E-state index in [9.17, 15) is 5.26 Å². The Balaban J connectivity index is 2.22. The molecule has 0 aliphatic heterocycles. The third kappa shape index (κ3) is 1.84. The highest BCUT2D eigenvalue weighted by molar-refractivity contribution is 5.84. The molecule has 0 fully saturated rings. The van der Waals surface area contributed by atoms with Gasteiger partial charge in [-0.15, -0.1) is 0 Å². The molecule has 0 saturated heterocycles. The van der Waals surface area contributed by atoms with Gasteiger partial charge in [0.1, 0.15) is 11.3 Å². The molecule has 2 aromatic carbocycles. The van der Waals surface area contributed by atoms with E-state index in [1.165, 1.54) is 0 Å². The Morgan fingerprint density at radius 2 is 1.74 bits per heavy atom. The van der Waals surface area contributed by atoms with Crippen LogP contribution in [-0.4, -0.2) is 0 Å². The summed E-state index contributed by atoms with van der Waals surface area (Å²) in [4.78, 5) is 0. The van der Waals surface area contributed by atoms with Crippen molar-refractivity contribution >= 4 is 11.0 Å². The van der Waals surface area contributed by atoms with Crippen LogP contribution in [0, 0.1) is 22.7 Å². The van der Waals surface area contributed by atoms with Gasteiger partial charge in [0.15, 0.2) is 0 Å². The molecule has 0 aliphatic rings. The molecule has 1 heterocycles. The van der Waals surface area contributed by atoms with Crippen LogP contribution in [0.4, 0.5) is 0 Å². The maximum absolute atomic E-state index is 9.17. The van der Waals surface area contributed by atoms with Crippen LogP contribution >= 0.6 is 0 Å². The third-order valence-corrected chi connectivity index (χ3v) is 2.96. The smallest absolute Gasteiger partial charge is 0.136 e. The van der Waals surface area contributed by atoms with E-state index < -0.39 is 0 Å². The molecule has 0 saturated carbocycles. The second-order valence-electron chi connectivity index (χ2n) is 4.13. The van der Waals surface area contributed by atoms with Gasteiger partial charge in [-0.25, -0.2) is 0 Å². The summed E-state index contributed by atoms with van der Waals surface area (Å²) in [6.45, 7) is 0. The van der Waals surface area contributed by atoms with E-state index in [4.69, 9.17) is 9.68 Å². The van der Waals surface area contributed by atoms with Crippen molar-refractivity contribution in [3.8, 4) is 23.5 Å². The summed E-state index contributed by atoms with van der Waals surface area (Å²) in [7, 11) is 0. The lowest BCUT2D eigenvalue weighted by Gasteiger charge is -2.00. The zero-order chi connectivity index (χ0) is 13.2. The maximum Gasteiger partial charge on any atom is 0.136 e. The molecule has 0 radical (unpaired) electrons. The van der Waals surface area contributed by atoms with Gasteiger partial charge < -0.3 is 4.42 Å². The highest BCUT2D eigenvalue weighted by Gasteiger charge is 2.11. The second-order valence-corrected chi connectivity index (χ2v) is 4.13. The summed E-state index contributed by atoms with van der Waals surface area (Å²) in [5, 5.41) is 19.0. The Kier molecular flexibility index (Phi) is 2.52. The molecular formula is C16H8N2O. The van der Waals surface area contributed by atoms with Crippen molar-refractivity contribution < 1.29 is 4.42 Å². The lowest BCUT2D eigenvalue weighted by Crippen LogP contribution is -1.84. The first-order valence-electron chi connectivity index (χ1n) is 5.75. The molecule has 0 spiro atoms. The molecule has 0 atom stereocenters. The van der Waals surface area contributed by atoms with Crippen molar-refractivity contribution in [3.63, 3.8) is 0 Å². The standard InChI is InChI=1S/C16H8N2O/c17-9-11-5-6-14(13(7-11)10-18)16-8-12-3-1-2-4-15(12)19-16/h1-8H. The number of nitriles is 2. The van der Waals surface area contributed by atoms with E-state index in [0.717, 1.165) is 11.0 Å². The average molecular weight is 244 g/mol. The predicted octanol–water partition coefficient (Wildman–Crippen LogP) is 3.84. The van der Waals surface area contributed by atoms with Crippen molar-refractivity contribution in [2.24, 2.45) is 0 Å². The molecule has 3 nitrogen and oxygen atoms in total. The molecule has 3 rings (SSSR count). The molecule has 3 aromatic rings. The normalized spacial score (nSPS) is 10.0. The summed E-state index contributed by atoms with van der Waals surface area (Å²) in [5.74, 6) is 0.641. The first-order chi connectivity index (χ1) is 9.31. The monoisotopic (exact) mass is 244 g/mol. The van der Waals surface area contributed by atoms with Gasteiger partial charge in [-0.1, -0.05) is 18.2 Å². The maximum atomic E-state index is 9.17. The number of benzene rings is 2. The summed E-state index contributed by atoms with van der Waals surface area (Å²) >= 11 is 0. The molecule has 19 heavy (non-hydrogen) atoms. The van der Waals surface area contributed by atoms with Crippen LogP contribution in [0.15, 0.2) is 52.9 Å². The largest absolute Gasteiger partial charge is 0.456 e. The highest BCUT2D eigenvalue weighted by atomic mass is 16.3. The van der Waals surface area contributed by atoms with Crippen molar-refractivity contribution in [3.05, 3.63) is 59.7 Å². The van der Waals surface area contributed by atoms with E-state index in [2.05, 4.69) is 6.07 Å². The van der Waals surface area contributed by atoms with Gasteiger partial charge in [0.25, 0.3) is 0 Å². The van der Waals surface area contributed by atoms with Gasteiger partial charge >= 0.3 is 0 Å². The van der Waals surface area contributed by atoms with Crippen LogP contribution in [-0.2, 0) is 0 Å². The van der Waals surface area contributed by atoms with Gasteiger partial charge in [-0.05, 0) is 30.3 Å². The van der Waals surface area contributed by atoms with Gasteiger partial charge in [0.2, 0.25) is 0 Å². The van der Waals surface area contributed by atoms with Crippen molar-refractivity contribution in [2.45, 2.75) is 0 Å². The second kappa shape index (κ2) is 4.33. The van der Waals surface area contributed by atoms with E-state index in [-0.39, 0.29) is 0 Å². The van der Waals surface area contributed by atoms with E-state index in [1.807, 2.05) is 36.4 Å². The fourth-order valence-electron chi connectivity index (χ4n) is 2.04. The number of hydrogen-bond donors (Lipinski definition) is 0. The number of furan rings is 1. The van der Waals surface area contributed by atoms with Gasteiger partial charge in [-0.2, -0.15) is 10.5 Å². The lowest BCUT2D eigenvalue weighted by atomic mass is 10.0. The molecule has 3 heteroatoms. The Morgan fingerprint density at radius 1 is 0.895 bits per heavy atom. The number of rotatable bonds is 1. The number of fused-ring (bicyclic) bond motifs is 1. The Morgan fingerprint density at radius 3 is 2.47 bits per heavy atom. The summed E-state index contributed by atoms with van der Waals surface area (Å²) in [6, 6.07) is 18.7. The van der Waals surface area contributed by atoms with E-state index >= 15 is 0 Å². The molecule has 88 valence electrons. The summed E-state index contributed by atoms with van der Waals surface area (Å²) in [5.41, 5.74) is 2.40. The Bertz CT molecular complexity index is 814. The van der Waals surface area contributed by atoms with E-state index in [0.29, 0.717) is 22.5 Å². The van der Waals surface area contributed by atoms with Gasteiger partial charge in [0, 0.05) is 10.9 Å². The zero-order valence-electron chi connectivity index (χ0n) is 9.92. The van der Waals surface area contributed by atoms with Crippen LogP contribution in [0.1, 0.15) is 11.1 Å². The van der Waals surface area contributed by atoms with Gasteiger partial charge in [0.05, 0.1) is 23.3 Å². The van der Waals surface area contributed by atoms with Crippen molar-refractivity contribution in [2.75, 3.05) is 0 Å². The molecule has 0 bridgehead atoms. The number of para-hydroxylation sites is 1. The lowest BCUT2D eigenvalue weighted by molar-refractivity contribution is 0.631. The molecular weight excluding hydrogens is 236 g/mol. The topological polar surface area (TPSA) is 60.7 Å². The number of hydrogen-bond acceptors (Lipinski definition) is 3. The quantitative estimate of drug-likeness (QED) is 0.653. The zero-order valence-corrected chi connectivity index (χ0v) is 9.92. The summed E-state index contributed by atoms with van der Waals surface area (Å²) in [6.07, 6.45) is 0. The molecule has 0 unspecified atom stereocenters. The number of nitrogens with zero attached hydrogens (tertiary/aromatic N) is 2. The molecule has 0 aliphatic carbocycles. The van der Waals surface area contributed by atoms with Gasteiger partial charge in [-0.3, -0.25) is 0 Å². The predicted molar refractivity (Wildman–Crippen MR) is 71.1 cm³/mol. The SMILES string of the molecule is N#Cc1ccc(-c2cc3ccccc3o2)c(C#N)c1. The minimum atomic E-state index is 0.443. The van der Waals surface area contributed by atoms with Crippen molar-refractivity contribution in [1.82, 2.24) is 0 Å². The minimum absolute atomic E-state index is 0.443. The highest BCUT2D eigenvalue weighted by Crippen LogP contribution is 2.30. The molecule has 1 aromatic heterocycles. The first-order valence-corrected chi connectivity index (χ1v) is 5.75. The van der Waals surface area contributed by atoms with Crippen LogP contribution in [0.2, 0.25) is 0 Å². The minimum Gasteiger partial charge on any atom is -0.456 e. The van der Waals surface area contributed by atoms with Crippen LogP contribution in [0.3, 0.4) is 0 Å².